The molecule has 0 amide bonds. The first kappa shape index (κ1) is 9.06. The Labute approximate surface area is 60.3 Å². The van der Waals surface area contributed by atoms with Crippen molar-refractivity contribution in [2.24, 2.45) is 0 Å². The Morgan fingerprint density at radius 1 is 1.00 bits per heavy atom. The van der Waals surface area contributed by atoms with Crippen molar-refractivity contribution in [1.29, 1.82) is 0 Å². The highest BCUT2D eigenvalue weighted by molar-refractivity contribution is 6.39. The van der Waals surface area contributed by atoms with Crippen molar-refractivity contribution in [2.75, 3.05) is 0 Å². The fourth-order valence-electron chi connectivity index (χ4n) is 0.833. The van der Waals surface area contributed by atoms with Crippen molar-refractivity contribution in [3.63, 3.8) is 0 Å². The molecule has 0 saturated heterocycles. The van der Waals surface area contributed by atoms with Gasteiger partial charge >= 0.3 is 0 Å². The monoisotopic (exact) mass is 125 g/mol. The van der Waals surface area contributed by atoms with Crippen molar-refractivity contribution in [3.05, 3.63) is 0 Å². The standard InChI is InChI=1S/C8H18B/c1-5-7(3)9-8(4)6-2/h7-8H,5-6H2,1-4H3/q-1. The molecule has 0 rings (SSSR count). The molecule has 0 spiro atoms. The van der Waals surface area contributed by atoms with Gasteiger partial charge in [0, 0.05) is 0 Å². The van der Waals surface area contributed by atoms with E-state index in [9.17, 15) is 0 Å². The summed E-state index contributed by atoms with van der Waals surface area (Å²) in [6.45, 7) is 9.05. The van der Waals surface area contributed by atoms with E-state index in [4.69, 9.17) is 0 Å². The lowest BCUT2D eigenvalue weighted by molar-refractivity contribution is 0.803. The van der Waals surface area contributed by atoms with E-state index < -0.39 is 0 Å². The number of hydrogen-bond donors (Lipinski definition) is 0. The molecule has 0 saturated carbocycles. The average Bonchev–Trinajstić information content (AvgIpc) is 1.87. The van der Waals surface area contributed by atoms with E-state index in [-0.39, 0.29) is 0 Å². The molecule has 0 aliphatic rings. The zero-order valence-corrected chi connectivity index (χ0v) is 7.15. The van der Waals surface area contributed by atoms with Crippen LogP contribution in [-0.2, 0) is 0 Å². The van der Waals surface area contributed by atoms with Gasteiger partial charge in [0.1, 0.15) is 0 Å². The summed E-state index contributed by atoms with van der Waals surface area (Å²) in [6.07, 6.45) is 2.56. The van der Waals surface area contributed by atoms with Gasteiger partial charge in [0.25, 0.3) is 0 Å². The Balaban J connectivity index is 3.22. The molecule has 9 heavy (non-hydrogen) atoms. The smallest absolute Gasteiger partial charge is 0.0683 e. The molecule has 0 bridgehead atoms. The molecule has 0 aromatic heterocycles. The summed E-state index contributed by atoms with van der Waals surface area (Å²) in [6, 6.07) is 0. The summed E-state index contributed by atoms with van der Waals surface area (Å²) < 4.78 is 0. The Kier molecular flexibility index (Phi) is 4.93. The molecule has 54 valence electrons. The van der Waals surface area contributed by atoms with E-state index in [0.717, 1.165) is 11.6 Å². The molecule has 0 N–H and O–H groups in total. The van der Waals surface area contributed by atoms with E-state index >= 15 is 0 Å². The van der Waals surface area contributed by atoms with Crippen LogP contribution in [0.3, 0.4) is 0 Å². The SMILES string of the molecule is CCC(C)[B-]C(C)CC. The highest BCUT2D eigenvalue weighted by Gasteiger charge is 1.88. The normalized spacial score (nSPS) is 17.3. The lowest BCUT2D eigenvalue weighted by atomic mass is 9.54. The van der Waals surface area contributed by atoms with E-state index in [1.54, 1.807) is 0 Å². The minimum atomic E-state index is 0.806. The van der Waals surface area contributed by atoms with Gasteiger partial charge in [-0.15, -0.1) is 0 Å². The van der Waals surface area contributed by atoms with Crippen LogP contribution in [0.2, 0.25) is 11.6 Å². The summed E-state index contributed by atoms with van der Waals surface area (Å²) in [5.41, 5.74) is 0. The van der Waals surface area contributed by atoms with Gasteiger partial charge in [-0.05, 0) is 0 Å². The van der Waals surface area contributed by atoms with Crippen LogP contribution in [0.4, 0.5) is 0 Å². The van der Waals surface area contributed by atoms with Crippen LogP contribution in [0.1, 0.15) is 40.5 Å². The summed E-state index contributed by atoms with van der Waals surface area (Å²) >= 11 is 0. The van der Waals surface area contributed by atoms with Crippen LogP contribution in [-0.4, -0.2) is 7.28 Å². The van der Waals surface area contributed by atoms with Gasteiger partial charge in [0.2, 0.25) is 0 Å². The highest BCUT2D eigenvalue weighted by Crippen LogP contribution is 2.16. The predicted molar refractivity (Wildman–Crippen MR) is 45.2 cm³/mol. The van der Waals surface area contributed by atoms with Gasteiger partial charge in [-0.1, -0.05) is 40.5 Å². The minimum Gasteiger partial charge on any atom is -0.329 e. The molecule has 0 aliphatic heterocycles. The quantitative estimate of drug-likeness (QED) is 0.506. The fraction of sp³-hybridized carbons (Fsp3) is 1.00. The first-order valence-electron chi connectivity index (χ1n) is 4.05. The molecule has 0 aromatic carbocycles. The first-order chi connectivity index (χ1) is 4.20. The molecule has 2 atom stereocenters. The predicted octanol–water partition coefficient (Wildman–Crippen LogP) is 3.13. The van der Waals surface area contributed by atoms with Crippen LogP contribution < -0.4 is 0 Å². The van der Waals surface area contributed by atoms with Crippen LogP contribution in [0.15, 0.2) is 0 Å². The molecule has 0 fully saturated rings. The topological polar surface area (TPSA) is 0 Å². The Morgan fingerprint density at radius 3 is 1.56 bits per heavy atom. The molecule has 0 nitrogen and oxygen atoms in total. The van der Waals surface area contributed by atoms with E-state index in [0.29, 0.717) is 0 Å². The Hall–Kier alpha value is 0.0649. The Morgan fingerprint density at radius 2 is 1.33 bits per heavy atom. The number of hydrogen-bond acceptors (Lipinski definition) is 0. The molecule has 2 unspecified atom stereocenters. The average molecular weight is 125 g/mol. The van der Waals surface area contributed by atoms with Crippen molar-refractivity contribution < 1.29 is 0 Å². The van der Waals surface area contributed by atoms with Crippen molar-refractivity contribution >= 4 is 7.28 Å². The highest BCUT2D eigenvalue weighted by atomic mass is 13.9. The summed E-state index contributed by atoms with van der Waals surface area (Å²) in [5, 5.41) is 0. The van der Waals surface area contributed by atoms with Crippen LogP contribution in [0.5, 0.6) is 0 Å². The maximum absolute atomic E-state index is 2.44. The van der Waals surface area contributed by atoms with Gasteiger partial charge in [0.15, 0.2) is 0 Å². The van der Waals surface area contributed by atoms with Gasteiger partial charge in [0.05, 0.1) is 0 Å². The van der Waals surface area contributed by atoms with Crippen LogP contribution >= 0.6 is 0 Å². The van der Waals surface area contributed by atoms with E-state index in [1.165, 1.54) is 12.8 Å². The van der Waals surface area contributed by atoms with Crippen molar-refractivity contribution in [2.45, 2.75) is 52.2 Å². The number of rotatable bonds is 4. The van der Waals surface area contributed by atoms with Gasteiger partial charge in [-0.3, -0.25) is 0 Å². The van der Waals surface area contributed by atoms with Gasteiger partial charge < -0.3 is 7.28 Å². The molecular formula is C8H18B-. The maximum Gasteiger partial charge on any atom is -0.0683 e. The zero-order valence-electron chi connectivity index (χ0n) is 7.15. The summed E-state index contributed by atoms with van der Waals surface area (Å²) in [4.78, 5) is 0. The lowest BCUT2D eigenvalue weighted by Gasteiger charge is -2.28. The van der Waals surface area contributed by atoms with Crippen LogP contribution in [0.25, 0.3) is 0 Å². The molecular weight excluding hydrogens is 107 g/mol. The molecule has 2 radical (unpaired) electrons. The van der Waals surface area contributed by atoms with Crippen molar-refractivity contribution in [1.82, 2.24) is 0 Å². The summed E-state index contributed by atoms with van der Waals surface area (Å²) in [7, 11) is 2.44. The molecule has 1 heteroatoms. The zero-order chi connectivity index (χ0) is 7.28. The second-order valence-corrected chi connectivity index (χ2v) is 2.96. The lowest BCUT2D eigenvalue weighted by Crippen LogP contribution is -2.03. The Bertz CT molecular complexity index is 53.6. The van der Waals surface area contributed by atoms with E-state index in [2.05, 4.69) is 35.0 Å². The third kappa shape index (κ3) is 4.56. The molecule has 0 aromatic rings. The molecule has 0 aliphatic carbocycles. The second-order valence-electron chi connectivity index (χ2n) is 2.96. The third-order valence-electron chi connectivity index (χ3n) is 1.94. The minimum absolute atomic E-state index is 0.806. The molecule has 0 heterocycles. The third-order valence-corrected chi connectivity index (χ3v) is 1.94. The van der Waals surface area contributed by atoms with Gasteiger partial charge in [-0.25, -0.2) is 11.6 Å². The second kappa shape index (κ2) is 4.90. The maximum atomic E-state index is 2.44. The van der Waals surface area contributed by atoms with E-state index in [1.807, 2.05) is 0 Å². The van der Waals surface area contributed by atoms with Crippen molar-refractivity contribution in [3.8, 4) is 0 Å². The summed E-state index contributed by atoms with van der Waals surface area (Å²) in [5.74, 6) is 1.61. The first-order valence-corrected chi connectivity index (χ1v) is 4.05. The fourth-order valence-corrected chi connectivity index (χ4v) is 0.833. The van der Waals surface area contributed by atoms with Gasteiger partial charge in [-0.2, -0.15) is 0 Å². The largest absolute Gasteiger partial charge is 0.329 e. The van der Waals surface area contributed by atoms with Crippen LogP contribution in [0, 0.1) is 0 Å².